The summed E-state index contributed by atoms with van der Waals surface area (Å²) in [6.07, 6.45) is 1.50. The van der Waals surface area contributed by atoms with Crippen LogP contribution in [-0.2, 0) is 4.74 Å². The van der Waals surface area contributed by atoms with Gasteiger partial charge in [0.2, 0.25) is 0 Å². The minimum Gasteiger partial charge on any atom is -0.462 e. The predicted molar refractivity (Wildman–Crippen MR) is 99.6 cm³/mol. The van der Waals surface area contributed by atoms with Gasteiger partial charge in [-0.15, -0.1) is 0 Å². The minimum absolute atomic E-state index is 0.146. The molecular formula is C17H19FN4O2S. The van der Waals surface area contributed by atoms with Crippen LogP contribution in [0.15, 0.2) is 29.4 Å². The van der Waals surface area contributed by atoms with Gasteiger partial charge in [-0.1, -0.05) is 12.1 Å². The van der Waals surface area contributed by atoms with Gasteiger partial charge in [0.25, 0.3) is 0 Å². The van der Waals surface area contributed by atoms with Crippen molar-refractivity contribution in [1.29, 1.82) is 0 Å². The molecule has 0 bridgehead atoms. The number of carbonyl (C=O) groups excluding carboxylic acids is 1. The van der Waals surface area contributed by atoms with Crippen LogP contribution >= 0.6 is 12.2 Å². The number of aromatic amines is 1. The van der Waals surface area contributed by atoms with E-state index in [1.807, 2.05) is 0 Å². The number of nitrogens with one attached hydrogen (secondary N) is 3. The molecule has 1 heterocycles. The fourth-order valence-electron chi connectivity index (χ4n) is 2.28. The van der Waals surface area contributed by atoms with E-state index in [0.717, 1.165) is 5.56 Å². The summed E-state index contributed by atoms with van der Waals surface area (Å²) in [4.78, 5) is 15.0. The number of thiocarbonyl (C=S) groups is 1. The molecule has 0 fully saturated rings. The molecule has 0 spiro atoms. The van der Waals surface area contributed by atoms with Crippen LogP contribution < -0.4 is 10.7 Å². The van der Waals surface area contributed by atoms with E-state index in [1.54, 1.807) is 39.0 Å². The first-order valence-corrected chi connectivity index (χ1v) is 8.05. The van der Waals surface area contributed by atoms with Crippen molar-refractivity contribution in [3.05, 3.63) is 52.6 Å². The highest BCUT2D eigenvalue weighted by atomic mass is 32.1. The number of benzene rings is 1. The normalized spacial score (nSPS) is 10.7. The van der Waals surface area contributed by atoms with Gasteiger partial charge in [-0.2, -0.15) is 5.10 Å². The zero-order chi connectivity index (χ0) is 18.4. The number of hydrogen-bond donors (Lipinski definition) is 3. The highest BCUT2D eigenvalue weighted by Crippen LogP contribution is 2.17. The summed E-state index contributed by atoms with van der Waals surface area (Å²) in [5.74, 6) is -0.788. The molecule has 1 aromatic heterocycles. The quantitative estimate of drug-likeness (QED) is 0.329. The average molecular weight is 362 g/mol. The SMILES string of the molecule is CCOC(=O)c1c(C)[nH]c(/C=N/NC(=S)Nc2ccccc2F)c1C. The Bertz CT molecular complexity index is 817. The Morgan fingerprint density at radius 1 is 1.40 bits per heavy atom. The van der Waals surface area contributed by atoms with E-state index in [2.05, 4.69) is 20.8 Å². The number of aromatic nitrogens is 1. The number of aryl methyl sites for hydroxylation is 1. The lowest BCUT2D eigenvalue weighted by atomic mass is 10.1. The number of nitrogens with zero attached hydrogens (tertiary/aromatic N) is 1. The summed E-state index contributed by atoms with van der Waals surface area (Å²) in [5, 5.41) is 6.86. The molecule has 0 unspecified atom stereocenters. The Labute approximate surface area is 150 Å². The van der Waals surface area contributed by atoms with Crippen LogP contribution in [0.3, 0.4) is 0 Å². The Morgan fingerprint density at radius 3 is 2.80 bits per heavy atom. The van der Waals surface area contributed by atoms with E-state index in [-0.39, 0.29) is 16.8 Å². The number of hydrazone groups is 1. The number of rotatable bonds is 5. The monoisotopic (exact) mass is 362 g/mol. The summed E-state index contributed by atoms with van der Waals surface area (Å²) in [6, 6.07) is 6.18. The maximum absolute atomic E-state index is 13.5. The fourth-order valence-corrected chi connectivity index (χ4v) is 2.44. The first kappa shape index (κ1) is 18.6. The molecular weight excluding hydrogens is 343 g/mol. The molecule has 132 valence electrons. The van der Waals surface area contributed by atoms with Crippen molar-refractivity contribution in [2.75, 3.05) is 11.9 Å². The Kier molecular flexibility index (Phi) is 6.24. The lowest BCUT2D eigenvalue weighted by Gasteiger charge is -2.07. The molecule has 2 aromatic rings. The van der Waals surface area contributed by atoms with Crippen LogP contribution in [0, 0.1) is 19.7 Å². The fraction of sp³-hybridized carbons (Fsp3) is 0.235. The number of halogens is 1. The van der Waals surface area contributed by atoms with Crippen LogP contribution in [0.5, 0.6) is 0 Å². The van der Waals surface area contributed by atoms with E-state index < -0.39 is 5.82 Å². The van der Waals surface area contributed by atoms with Crippen molar-refractivity contribution in [3.8, 4) is 0 Å². The van der Waals surface area contributed by atoms with Crippen molar-refractivity contribution >= 4 is 35.2 Å². The van der Waals surface area contributed by atoms with Gasteiger partial charge in [0.05, 0.1) is 29.8 Å². The second kappa shape index (κ2) is 8.39. The summed E-state index contributed by atoms with van der Waals surface area (Å²) in [5.41, 5.74) is 5.44. The topological polar surface area (TPSA) is 78.5 Å². The van der Waals surface area contributed by atoms with Crippen LogP contribution in [-0.4, -0.2) is 28.9 Å². The number of para-hydroxylation sites is 1. The number of H-pyrrole nitrogens is 1. The van der Waals surface area contributed by atoms with E-state index in [0.29, 0.717) is 23.6 Å². The molecule has 0 amide bonds. The molecule has 8 heteroatoms. The largest absolute Gasteiger partial charge is 0.462 e. The second-order valence-corrected chi connectivity index (χ2v) is 5.60. The van der Waals surface area contributed by atoms with Gasteiger partial charge >= 0.3 is 5.97 Å². The van der Waals surface area contributed by atoms with Crippen molar-refractivity contribution in [2.45, 2.75) is 20.8 Å². The summed E-state index contributed by atoms with van der Waals surface area (Å²) < 4.78 is 18.6. The maximum atomic E-state index is 13.5. The molecule has 1 aromatic carbocycles. The number of anilines is 1. The first-order chi connectivity index (χ1) is 11.9. The molecule has 25 heavy (non-hydrogen) atoms. The van der Waals surface area contributed by atoms with Gasteiger partial charge < -0.3 is 15.0 Å². The van der Waals surface area contributed by atoms with E-state index in [1.165, 1.54) is 12.3 Å². The number of carbonyl (C=O) groups is 1. The molecule has 2 rings (SSSR count). The van der Waals surface area contributed by atoms with Crippen LogP contribution in [0.1, 0.15) is 34.2 Å². The summed E-state index contributed by atoms with van der Waals surface area (Å²) in [6.45, 7) is 5.65. The molecule has 0 atom stereocenters. The third kappa shape index (κ3) is 4.63. The van der Waals surface area contributed by atoms with Crippen molar-refractivity contribution in [2.24, 2.45) is 5.10 Å². The van der Waals surface area contributed by atoms with E-state index in [4.69, 9.17) is 17.0 Å². The molecule has 0 aliphatic heterocycles. The lowest BCUT2D eigenvalue weighted by Crippen LogP contribution is -2.24. The smallest absolute Gasteiger partial charge is 0.340 e. The Hall–Kier alpha value is -2.74. The highest BCUT2D eigenvalue weighted by Gasteiger charge is 2.18. The Balaban J connectivity index is 2.03. The van der Waals surface area contributed by atoms with Crippen molar-refractivity contribution in [3.63, 3.8) is 0 Å². The van der Waals surface area contributed by atoms with Crippen molar-refractivity contribution in [1.82, 2.24) is 10.4 Å². The zero-order valence-corrected chi connectivity index (χ0v) is 15.0. The molecule has 6 nitrogen and oxygen atoms in total. The van der Waals surface area contributed by atoms with Crippen molar-refractivity contribution < 1.29 is 13.9 Å². The third-order valence-corrected chi connectivity index (χ3v) is 3.63. The van der Waals surface area contributed by atoms with E-state index in [9.17, 15) is 9.18 Å². The molecule has 0 saturated carbocycles. The number of ether oxygens (including phenoxy) is 1. The zero-order valence-electron chi connectivity index (χ0n) is 14.1. The standard InChI is InChI=1S/C17H19FN4O2S/c1-4-24-16(23)15-10(2)14(20-11(15)3)9-19-22-17(25)21-13-8-6-5-7-12(13)18/h5-9,20H,4H2,1-3H3,(H2,21,22,25)/b19-9+. The van der Waals surface area contributed by atoms with Crippen LogP contribution in [0.4, 0.5) is 10.1 Å². The molecule has 0 radical (unpaired) electrons. The van der Waals surface area contributed by atoms with Gasteiger partial charge in [-0.3, -0.25) is 5.43 Å². The number of esters is 1. The van der Waals surface area contributed by atoms with Gasteiger partial charge in [-0.25, -0.2) is 9.18 Å². The third-order valence-electron chi connectivity index (χ3n) is 3.44. The van der Waals surface area contributed by atoms with Gasteiger partial charge in [-0.05, 0) is 50.7 Å². The van der Waals surface area contributed by atoms with E-state index >= 15 is 0 Å². The molecule has 0 aliphatic carbocycles. The highest BCUT2D eigenvalue weighted by molar-refractivity contribution is 7.80. The number of hydrogen-bond acceptors (Lipinski definition) is 4. The lowest BCUT2D eigenvalue weighted by molar-refractivity contribution is 0.0525. The molecule has 0 aliphatic rings. The summed E-state index contributed by atoms with van der Waals surface area (Å²) in [7, 11) is 0. The maximum Gasteiger partial charge on any atom is 0.340 e. The predicted octanol–water partition coefficient (Wildman–Crippen LogP) is 3.27. The summed E-state index contributed by atoms with van der Waals surface area (Å²) >= 11 is 5.06. The van der Waals surface area contributed by atoms with Crippen LogP contribution in [0.2, 0.25) is 0 Å². The second-order valence-electron chi connectivity index (χ2n) is 5.19. The van der Waals surface area contributed by atoms with Crippen LogP contribution in [0.25, 0.3) is 0 Å². The molecule has 0 saturated heterocycles. The van der Waals surface area contributed by atoms with Gasteiger partial charge in [0.1, 0.15) is 5.82 Å². The molecule has 3 N–H and O–H groups in total. The van der Waals surface area contributed by atoms with Gasteiger partial charge in [0.15, 0.2) is 5.11 Å². The van der Waals surface area contributed by atoms with Gasteiger partial charge in [0, 0.05) is 5.69 Å². The first-order valence-electron chi connectivity index (χ1n) is 7.64. The Morgan fingerprint density at radius 2 is 2.12 bits per heavy atom. The average Bonchev–Trinajstić information content (AvgIpc) is 2.84. The minimum atomic E-state index is -0.412.